The summed E-state index contributed by atoms with van der Waals surface area (Å²) >= 11 is 0. The average molecular weight is 239 g/mol. The fourth-order valence-corrected chi connectivity index (χ4v) is 4.06. The minimum atomic E-state index is -0.165. The Labute approximate surface area is 104 Å². The highest BCUT2D eigenvalue weighted by molar-refractivity contribution is 5.01. The van der Waals surface area contributed by atoms with E-state index in [4.69, 9.17) is 4.74 Å². The molecule has 0 aromatic carbocycles. The number of nitrogens with zero attached hydrogens (tertiary/aromatic N) is 1. The second-order valence-electron chi connectivity index (χ2n) is 6.68. The largest absolute Gasteiger partial charge is 0.391 e. The van der Waals surface area contributed by atoms with Gasteiger partial charge in [-0.25, -0.2) is 0 Å². The smallest absolute Gasteiger partial charge is 0.0746 e. The van der Waals surface area contributed by atoms with Crippen LogP contribution in [-0.4, -0.2) is 47.4 Å². The van der Waals surface area contributed by atoms with Crippen LogP contribution in [0.4, 0.5) is 0 Å². The van der Waals surface area contributed by atoms with Gasteiger partial charge in [0.05, 0.1) is 18.8 Å². The molecule has 0 bridgehead atoms. The third-order valence-corrected chi connectivity index (χ3v) is 5.20. The molecule has 3 aliphatic rings. The minimum absolute atomic E-state index is 0.0943. The lowest BCUT2D eigenvalue weighted by atomic mass is 9.88. The van der Waals surface area contributed by atoms with Gasteiger partial charge in [-0.1, -0.05) is 13.8 Å². The molecule has 0 spiro atoms. The van der Waals surface area contributed by atoms with Gasteiger partial charge in [-0.15, -0.1) is 0 Å². The summed E-state index contributed by atoms with van der Waals surface area (Å²) in [6, 6.07) is 0.955. The first-order valence-corrected chi connectivity index (χ1v) is 7.15. The normalized spacial score (nSPS) is 46.1. The van der Waals surface area contributed by atoms with E-state index < -0.39 is 0 Å². The topological polar surface area (TPSA) is 32.7 Å². The van der Waals surface area contributed by atoms with Crippen molar-refractivity contribution in [1.82, 2.24) is 4.90 Å². The standard InChI is InChI=1S/C14H25NO2/c1-14(2)7-6-11(13(14)16)15-8-9-17-12-5-3-4-10(12)15/h10-13,16H,3-9H2,1-2H3. The summed E-state index contributed by atoms with van der Waals surface area (Å²) in [6.07, 6.45) is 6.34. The van der Waals surface area contributed by atoms with Crippen molar-refractivity contribution < 1.29 is 9.84 Å². The van der Waals surface area contributed by atoms with E-state index in [-0.39, 0.29) is 11.5 Å². The van der Waals surface area contributed by atoms with Crippen LogP contribution in [0.3, 0.4) is 0 Å². The van der Waals surface area contributed by atoms with E-state index in [1.54, 1.807) is 0 Å². The fraction of sp³-hybridized carbons (Fsp3) is 1.00. The summed E-state index contributed by atoms with van der Waals surface area (Å²) in [7, 11) is 0. The SMILES string of the molecule is CC1(C)CCC(N2CCOC3CCCC32)C1O. The zero-order chi connectivity index (χ0) is 12.0. The van der Waals surface area contributed by atoms with Crippen LogP contribution in [0.5, 0.6) is 0 Å². The monoisotopic (exact) mass is 239 g/mol. The molecular formula is C14H25NO2. The quantitative estimate of drug-likeness (QED) is 0.757. The molecule has 0 aromatic rings. The summed E-state index contributed by atoms with van der Waals surface area (Å²) in [5, 5.41) is 10.5. The summed E-state index contributed by atoms with van der Waals surface area (Å²) in [6.45, 7) is 6.26. The van der Waals surface area contributed by atoms with Gasteiger partial charge in [0.15, 0.2) is 0 Å². The highest BCUT2D eigenvalue weighted by atomic mass is 16.5. The highest BCUT2D eigenvalue weighted by Crippen LogP contribution is 2.42. The molecule has 0 radical (unpaired) electrons. The van der Waals surface area contributed by atoms with Crippen LogP contribution in [0.15, 0.2) is 0 Å². The Morgan fingerprint density at radius 3 is 2.71 bits per heavy atom. The second-order valence-corrected chi connectivity index (χ2v) is 6.68. The number of ether oxygens (including phenoxy) is 1. The van der Waals surface area contributed by atoms with Crippen LogP contribution in [0.1, 0.15) is 46.0 Å². The predicted molar refractivity (Wildman–Crippen MR) is 66.9 cm³/mol. The maximum atomic E-state index is 10.5. The molecule has 1 saturated heterocycles. The van der Waals surface area contributed by atoms with Crippen LogP contribution in [-0.2, 0) is 4.74 Å². The zero-order valence-corrected chi connectivity index (χ0v) is 11.1. The Bertz CT molecular complexity index is 292. The van der Waals surface area contributed by atoms with E-state index in [9.17, 15) is 5.11 Å². The molecule has 17 heavy (non-hydrogen) atoms. The van der Waals surface area contributed by atoms with Crippen LogP contribution < -0.4 is 0 Å². The van der Waals surface area contributed by atoms with Gasteiger partial charge >= 0.3 is 0 Å². The molecule has 4 atom stereocenters. The molecule has 1 aliphatic heterocycles. The predicted octanol–water partition coefficient (Wildman–Crippen LogP) is 1.79. The van der Waals surface area contributed by atoms with Crippen molar-refractivity contribution in [2.75, 3.05) is 13.2 Å². The van der Waals surface area contributed by atoms with Crippen molar-refractivity contribution in [3.8, 4) is 0 Å². The van der Waals surface area contributed by atoms with Gasteiger partial charge in [0.2, 0.25) is 0 Å². The van der Waals surface area contributed by atoms with E-state index in [1.165, 1.54) is 19.3 Å². The third kappa shape index (κ3) is 1.92. The molecule has 98 valence electrons. The number of fused-ring (bicyclic) bond motifs is 1. The van der Waals surface area contributed by atoms with E-state index in [0.717, 1.165) is 26.0 Å². The van der Waals surface area contributed by atoms with Crippen molar-refractivity contribution in [3.63, 3.8) is 0 Å². The van der Waals surface area contributed by atoms with E-state index in [0.29, 0.717) is 18.2 Å². The van der Waals surface area contributed by atoms with Crippen LogP contribution >= 0.6 is 0 Å². The lowest BCUT2D eigenvalue weighted by Crippen LogP contribution is -2.56. The average Bonchev–Trinajstić information content (AvgIpc) is 2.85. The molecule has 0 aromatic heterocycles. The Balaban J connectivity index is 1.75. The Hall–Kier alpha value is -0.120. The molecule has 1 heterocycles. The molecule has 4 unspecified atom stereocenters. The molecule has 3 heteroatoms. The molecule has 2 saturated carbocycles. The molecule has 1 N–H and O–H groups in total. The minimum Gasteiger partial charge on any atom is -0.391 e. The Kier molecular flexibility index (Phi) is 2.96. The number of rotatable bonds is 1. The summed E-state index contributed by atoms with van der Waals surface area (Å²) in [5.74, 6) is 0. The van der Waals surface area contributed by atoms with Crippen molar-refractivity contribution in [3.05, 3.63) is 0 Å². The molecule has 0 amide bonds. The first kappa shape index (κ1) is 11.9. The number of hydrogen-bond donors (Lipinski definition) is 1. The number of morpholine rings is 1. The van der Waals surface area contributed by atoms with Crippen molar-refractivity contribution in [2.24, 2.45) is 5.41 Å². The van der Waals surface area contributed by atoms with Crippen molar-refractivity contribution in [2.45, 2.75) is 70.2 Å². The first-order chi connectivity index (χ1) is 8.09. The molecule has 3 nitrogen and oxygen atoms in total. The van der Waals surface area contributed by atoms with Gasteiger partial charge in [0.1, 0.15) is 0 Å². The summed E-state index contributed by atoms with van der Waals surface area (Å²) in [4.78, 5) is 2.57. The molecule has 3 fully saturated rings. The lowest BCUT2D eigenvalue weighted by molar-refractivity contribution is -0.0939. The molecular weight excluding hydrogens is 214 g/mol. The maximum Gasteiger partial charge on any atom is 0.0746 e. The Morgan fingerprint density at radius 2 is 2.00 bits per heavy atom. The van der Waals surface area contributed by atoms with Gasteiger partial charge < -0.3 is 9.84 Å². The first-order valence-electron chi connectivity index (χ1n) is 7.15. The fourth-order valence-electron chi connectivity index (χ4n) is 4.06. The highest BCUT2D eigenvalue weighted by Gasteiger charge is 2.48. The third-order valence-electron chi connectivity index (χ3n) is 5.20. The summed E-state index contributed by atoms with van der Waals surface area (Å²) < 4.78 is 5.86. The van der Waals surface area contributed by atoms with Crippen LogP contribution in [0.25, 0.3) is 0 Å². The van der Waals surface area contributed by atoms with Crippen LogP contribution in [0, 0.1) is 5.41 Å². The van der Waals surface area contributed by atoms with Gasteiger partial charge in [-0.2, -0.15) is 0 Å². The van der Waals surface area contributed by atoms with Gasteiger partial charge in [0.25, 0.3) is 0 Å². The van der Waals surface area contributed by atoms with Crippen LogP contribution in [0.2, 0.25) is 0 Å². The van der Waals surface area contributed by atoms with Gasteiger partial charge in [0, 0.05) is 18.6 Å². The second kappa shape index (κ2) is 4.22. The van der Waals surface area contributed by atoms with Crippen molar-refractivity contribution >= 4 is 0 Å². The van der Waals surface area contributed by atoms with Gasteiger partial charge in [-0.3, -0.25) is 4.90 Å². The number of aliphatic hydroxyl groups is 1. The number of aliphatic hydroxyl groups excluding tert-OH is 1. The molecule has 2 aliphatic carbocycles. The number of hydrogen-bond acceptors (Lipinski definition) is 3. The van der Waals surface area contributed by atoms with E-state index >= 15 is 0 Å². The zero-order valence-electron chi connectivity index (χ0n) is 11.1. The maximum absolute atomic E-state index is 10.5. The molecule has 3 rings (SSSR count). The van der Waals surface area contributed by atoms with E-state index in [1.807, 2.05) is 0 Å². The lowest BCUT2D eigenvalue weighted by Gasteiger charge is -2.43. The summed E-state index contributed by atoms with van der Waals surface area (Å²) in [5.41, 5.74) is 0.0943. The van der Waals surface area contributed by atoms with Crippen molar-refractivity contribution in [1.29, 1.82) is 0 Å². The Morgan fingerprint density at radius 1 is 1.18 bits per heavy atom. The van der Waals surface area contributed by atoms with E-state index in [2.05, 4.69) is 18.7 Å². The van der Waals surface area contributed by atoms with Gasteiger partial charge in [-0.05, 0) is 37.5 Å².